The number of hydrogen-bond donors (Lipinski definition) is 0. The molecule has 1 aromatic carbocycles. The normalized spacial score (nSPS) is 24.2. The number of pyridine rings is 1. The molecule has 2 aromatic rings. The van der Waals surface area contributed by atoms with Crippen LogP contribution in [0.2, 0.25) is 0 Å². The molecule has 3 heterocycles. The van der Waals surface area contributed by atoms with E-state index in [0.717, 1.165) is 44.7 Å². The lowest BCUT2D eigenvalue weighted by molar-refractivity contribution is -0.125. The highest BCUT2D eigenvalue weighted by Gasteiger charge is 2.50. The number of anilines is 1. The van der Waals surface area contributed by atoms with Crippen LogP contribution in [-0.2, 0) is 11.3 Å². The Labute approximate surface area is 143 Å². The summed E-state index contributed by atoms with van der Waals surface area (Å²) in [6.45, 7) is 5.72. The number of likely N-dealkylation sites (tertiary alicyclic amines) is 1. The van der Waals surface area contributed by atoms with Gasteiger partial charge in [-0.25, -0.2) is 0 Å². The largest absolute Gasteiger partial charge is 0.310 e. The first-order valence-corrected chi connectivity index (χ1v) is 8.66. The quantitative estimate of drug-likeness (QED) is 0.872. The summed E-state index contributed by atoms with van der Waals surface area (Å²) in [5.74, 6) is 0.280. The summed E-state index contributed by atoms with van der Waals surface area (Å²) in [7, 11) is 0. The highest BCUT2D eigenvalue weighted by molar-refractivity contribution is 6.00. The van der Waals surface area contributed by atoms with Crippen molar-refractivity contribution in [1.82, 2.24) is 9.88 Å². The number of hydrogen-bond acceptors (Lipinski definition) is 3. The van der Waals surface area contributed by atoms with Gasteiger partial charge in [-0.05, 0) is 44.0 Å². The summed E-state index contributed by atoms with van der Waals surface area (Å²) >= 11 is 0. The molecule has 2 aliphatic heterocycles. The molecule has 1 spiro atoms. The van der Waals surface area contributed by atoms with E-state index in [1.807, 2.05) is 17.0 Å². The van der Waals surface area contributed by atoms with Gasteiger partial charge in [0.25, 0.3) is 0 Å². The smallest absolute Gasteiger partial charge is 0.234 e. The number of carbonyl (C=O) groups excluding carboxylic acids is 1. The Morgan fingerprint density at radius 2 is 1.92 bits per heavy atom. The summed E-state index contributed by atoms with van der Waals surface area (Å²) in [6, 6.07) is 12.6. The molecule has 1 aromatic heterocycles. The Hall–Kier alpha value is -2.20. The lowest BCUT2D eigenvalue weighted by Crippen LogP contribution is -2.36. The van der Waals surface area contributed by atoms with E-state index < -0.39 is 0 Å². The van der Waals surface area contributed by atoms with E-state index >= 15 is 0 Å². The molecular formula is C20H23N3O. The molecule has 124 valence electrons. The van der Waals surface area contributed by atoms with E-state index in [1.54, 1.807) is 12.4 Å². The van der Waals surface area contributed by atoms with Crippen LogP contribution >= 0.6 is 0 Å². The molecule has 1 atom stereocenters. The highest BCUT2D eigenvalue weighted by Crippen LogP contribution is 2.42. The molecule has 0 unspecified atom stereocenters. The zero-order chi connectivity index (χ0) is 16.6. The Bertz CT molecular complexity index is 728. The van der Waals surface area contributed by atoms with Gasteiger partial charge in [0.05, 0.1) is 17.3 Å². The number of carbonyl (C=O) groups is 1. The van der Waals surface area contributed by atoms with E-state index in [1.165, 1.54) is 11.1 Å². The second-order valence-corrected chi connectivity index (χ2v) is 7.14. The molecule has 2 fully saturated rings. The van der Waals surface area contributed by atoms with Gasteiger partial charge in [-0.1, -0.05) is 29.8 Å². The molecule has 2 aliphatic rings. The maximum absolute atomic E-state index is 13.0. The zero-order valence-electron chi connectivity index (χ0n) is 14.1. The number of nitrogens with zero attached hydrogens (tertiary/aromatic N) is 3. The molecule has 4 heteroatoms. The molecule has 0 bridgehead atoms. The fourth-order valence-corrected chi connectivity index (χ4v) is 4.00. The number of aryl methyl sites for hydroxylation is 1. The molecule has 0 aliphatic carbocycles. The third-order valence-electron chi connectivity index (χ3n) is 5.43. The first-order chi connectivity index (χ1) is 11.7. The molecule has 0 saturated carbocycles. The SMILES string of the molecule is Cc1ccc(CN2CC[C@@]3(CCN(c4cccnc4)C3=O)C2)cc1. The predicted molar refractivity (Wildman–Crippen MR) is 94.7 cm³/mol. The monoisotopic (exact) mass is 321 g/mol. The van der Waals surface area contributed by atoms with Gasteiger partial charge in [-0.15, -0.1) is 0 Å². The molecule has 0 N–H and O–H groups in total. The molecule has 0 radical (unpaired) electrons. The van der Waals surface area contributed by atoms with Gasteiger partial charge in [-0.3, -0.25) is 14.7 Å². The van der Waals surface area contributed by atoms with Crippen molar-refractivity contribution >= 4 is 11.6 Å². The number of benzene rings is 1. The maximum atomic E-state index is 13.0. The van der Waals surface area contributed by atoms with Crippen LogP contribution in [0, 0.1) is 12.3 Å². The van der Waals surface area contributed by atoms with E-state index in [0.29, 0.717) is 0 Å². The van der Waals surface area contributed by atoms with Crippen LogP contribution in [0.1, 0.15) is 24.0 Å². The highest BCUT2D eigenvalue weighted by atomic mass is 16.2. The van der Waals surface area contributed by atoms with Crippen molar-refractivity contribution in [3.8, 4) is 0 Å². The maximum Gasteiger partial charge on any atom is 0.234 e. The minimum absolute atomic E-state index is 0.194. The average molecular weight is 321 g/mol. The standard InChI is InChI=1S/C20H23N3O/c1-16-4-6-17(7-5-16)14-22-11-8-20(15-22)9-12-23(19(20)24)18-3-2-10-21-13-18/h2-7,10,13H,8-9,11-12,14-15H2,1H3/t20-/m1/s1. The van der Waals surface area contributed by atoms with Gasteiger partial charge in [-0.2, -0.15) is 0 Å². The zero-order valence-corrected chi connectivity index (χ0v) is 14.1. The summed E-state index contributed by atoms with van der Waals surface area (Å²) in [6.07, 6.45) is 5.45. The van der Waals surface area contributed by atoms with E-state index in [-0.39, 0.29) is 11.3 Å². The second-order valence-electron chi connectivity index (χ2n) is 7.14. The van der Waals surface area contributed by atoms with Crippen molar-refractivity contribution in [2.45, 2.75) is 26.3 Å². The van der Waals surface area contributed by atoms with Crippen molar-refractivity contribution in [2.24, 2.45) is 5.41 Å². The Morgan fingerprint density at radius 3 is 2.67 bits per heavy atom. The fraction of sp³-hybridized carbons (Fsp3) is 0.400. The summed E-state index contributed by atoms with van der Waals surface area (Å²) in [5, 5.41) is 0. The van der Waals surface area contributed by atoms with Crippen molar-refractivity contribution in [3.63, 3.8) is 0 Å². The number of aromatic nitrogens is 1. The molecular weight excluding hydrogens is 298 g/mol. The van der Waals surface area contributed by atoms with Crippen molar-refractivity contribution < 1.29 is 4.79 Å². The minimum atomic E-state index is -0.194. The van der Waals surface area contributed by atoms with Crippen molar-refractivity contribution in [1.29, 1.82) is 0 Å². The molecule has 2 saturated heterocycles. The molecule has 1 amide bonds. The van der Waals surface area contributed by atoms with Gasteiger partial charge in [0, 0.05) is 25.8 Å². The van der Waals surface area contributed by atoms with E-state index in [2.05, 4.69) is 41.1 Å². The summed E-state index contributed by atoms with van der Waals surface area (Å²) in [4.78, 5) is 21.5. The third-order valence-corrected chi connectivity index (χ3v) is 5.43. The molecule has 4 rings (SSSR count). The van der Waals surface area contributed by atoms with Gasteiger partial charge < -0.3 is 4.90 Å². The van der Waals surface area contributed by atoms with Crippen LogP contribution in [0.5, 0.6) is 0 Å². The topological polar surface area (TPSA) is 36.4 Å². The molecule has 24 heavy (non-hydrogen) atoms. The summed E-state index contributed by atoms with van der Waals surface area (Å²) < 4.78 is 0. The first-order valence-electron chi connectivity index (χ1n) is 8.66. The number of rotatable bonds is 3. The lowest BCUT2D eigenvalue weighted by atomic mass is 9.85. The Kier molecular flexibility index (Phi) is 3.85. The van der Waals surface area contributed by atoms with Crippen LogP contribution < -0.4 is 4.90 Å². The van der Waals surface area contributed by atoms with Crippen LogP contribution in [0.3, 0.4) is 0 Å². The fourth-order valence-electron chi connectivity index (χ4n) is 4.00. The summed E-state index contributed by atoms with van der Waals surface area (Å²) in [5.41, 5.74) is 3.35. The average Bonchev–Trinajstić information content (AvgIpc) is 3.16. The Morgan fingerprint density at radius 1 is 1.12 bits per heavy atom. The van der Waals surface area contributed by atoms with Crippen LogP contribution in [-0.4, -0.2) is 35.4 Å². The molecule has 4 nitrogen and oxygen atoms in total. The van der Waals surface area contributed by atoms with Gasteiger partial charge in [0.15, 0.2) is 0 Å². The predicted octanol–water partition coefficient (Wildman–Crippen LogP) is 3.02. The van der Waals surface area contributed by atoms with Gasteiger partial charge in [0.1, 0.15) is 0 Å². The second kappa shape index (κ2) is 6.02. The van der Waals surface area contributed by atoms with Crippen molar-refractivity contribution in [2.75, 3.05) is 24.5 Å². The van der Waals surface area contributed by atoms with E-state index in [4.69, 9.17) is 0 Å². The third kappa shape index (κ3) is 2.71. The van der Waals surface area contributed by atoms with Crippen LogP contribution in [0.4, 0.5) is 5.69 Å². The van der Waals surface area contributed by atoms with Gasteiger partial charge in [0.2, 0.25) is 5.91 Å². The minimum Gasteiger partial charge on any atom is -0.310 e. The lowest BCUT2D eigenvalue weighted by Gasteiger charge is -2.23. The van der Waals surface area contributed by atoms with E-state index in [9.17, 15) is 4.79 Å². The Balaban J connectivity index is 1.46. The van der Waals surface area contributed by atoms with Crippen molar-refractivity contribution in [3.05, 3.63) is 59.9 Å². The van der Waals surface area contributed by atoms with Gasteiger partial charge >= 0.3 is 0 Å². The first kappa shape index (κ1) is 15.3. The van der Waals surface area contributed by atoms with Crippen LogP contribution in [0.25, 0.3) is 0 Å². The van der Waals surface area contributed by atoms with Crippen LogP contribution in [0.15, 0.2) is 48.8 Å². The number of amides is 1.